The second kappa shape index (κ2) is 10.2. The molecule has 0 heterocycles. The van der Waals surface area contributed by atoms with Crippen molar-refractivity contribution in [3.8, 4) is 6.07 Å². The Morgan fingerprint density at radius 2 is 1.65 bits per heavy atom. The first-order valence-corrected chi connectivity index (χ1v) is 10.6. The SMILES string of the molecule is CC(=O)N(/N=C/c1ccccc1)c1cc(Cl)c(C(C#N)c2ccc(Cl)cc2Cl)c(Cl)c1. The average Bonchev–Trinajstić information content (AvgIpc) is 2.72. The van der Waals surface area contributed by atoms with Crippen molar-refractivity contribution in [2.24, 2.45) is 5.10 Å². The van der Waals surface area contributed by atoms with Gasteiger partial charge in [0.2, 0.25) is 5.91 Å². The first-order chi connectivity index (χ1) is 14.8. The third-order valence-corrected chi connectivity index (χ3v) is 5.61. The molecule has 4 nitrogen and oxygen atoms in total. The summed E-state index contributed by atoms with van der Waals surface area (Å²) in [6.45, 7) is 1.38. The Hall–Kier alpha value is -2.55. The third-order valence-electron chi connectivity index (χ3n) is 4.42. The molecule has 0 bridgehead atoms. The van der Waals surface area contributed by atoms with Crippen LogP contribution in [0.5, 0.6) is 0 Å². The third kappa shape index (κ3) is 5.39. The van der Waals surface area contributed by atoms with E-state index in [1.165, 1.54) is 11.9 Å². The standard InChI is InChI=1S/C23H15Cl4N3O/c1-14(31)30(29-13-15-5-3-2-4-6-15)17-10-21(26)23(22(27)11-17)19(12-28)18-8-7-16(24)9-20(18)25/h2-11,13,19H,1H3/b29-13+. The van der Waals surface area contributed by atoms with E-state index in [0.29, 0.717) is 26.9 Å². The molecule has 0 spiro atoms. The summed E-state index contributed by atoms with van der Waals surface area (Å²) in [5.41, 5.74) is 2.10. The van der Waals surface area contributed by atoms with Crippen molar-refractivity contribution in [2.45, 2.75) is 12.8 Å². The fourth-order valence-electron chi connectivity index (χ4n) is 2.99. The molecule has 3 rings (SSSR count). The molecule has 1 atom stereocenters. The van der Waals surface area contributed by atoms with Crippen LogP contribution in [0.2, 0.25) is 20.1 Å². The van der Waals surface area contributed by atoms with Crippen molar-refractivity contribution in [1.82, 2.24) is 0 Å². The fourth-order valence-corrected chi connectivity index (χ4v) is 4.20. The van der Waals surface area contributed by atoms with Crippen LogP contribution in [0.1, 0.15) is 29.5 Å². The van der Waals surface area contributed by atoms with Crippen molar-refractivity contribution in [3.05, 3.63) is 97.4 Å². The molecule has 0 saturated heterocycles. The Labute approximate surface area is 200 Å². The molecular formula is C23H15Cl4N3O. The number of hydrogen-bond donors (Lipinski definition) is 0. The van der Waals surface area contributed by atoms with Gasteiger partial charge < -0.3 is 0 Å². The van der Waals surface area contributed by atoms with E-state index < -0.39 is 5.92 Å². The van der Waals surface area contributed by atoms with E-state index in [9.17, 15) is 10.1 Å². The molecule has 0 fully saturated rings. The molecule has 0 aliphatic rings. The number of halogens is 4. The molecule has 8 heteroatoms. The van der Waals surface area contributed by atoms with Crippen molar-refractivity contribution >= 4 is 64.2 Å². The predicted octanol–water partition coefficient (Wildman–Crippen LogP) is 7.34. The number of hydrazone groups is 1. The van der Waals surface area contributed by atoms with Gasteiger partial charge in [0.05, 0.1) is 18.0 Å². The second-order valence-electron chi connectivity index (χ2n) is 6.54. The summed E-state index contributed by atoms with van der Waals surface area (Å²) < 4.78 is 0. The second-order valence-corrected chi connectivity index (χ2v) is 8.20. The van der Waals surface area contributed by atoms with E-state index >= 15 is 0 Å². The minimum atomic E-state index is -0.822. The number of amides is 1. The van der Waals surface area contributed by atoms with Gasteiger partial charge in [-0.2, -0.15) is 10.4 Å². The van der Waals surface area contributed by atoms with Crippen molar-refractivity contribution in [2.75, 3.05) is 5.01 Å². The quantitative estimate of drug-likeness (QED) is 0.277. The van der Waals surface area contributed by atoms with Gasteiger partial charge in [0.1, 0.15) is 5.92 Å². The summed E-state index contributed by atoms with van der Waals surface area (Å²) in [5, 5.41) is 16.5. The summed E-state index contributed by atoms with van der Waals surface area (Å²) >= 11 is 25.3. The number of nitrogens with zero attached hydrogens (tertiary/aromatic N) is 3. The van der Waals surface area contributed by atoms with Crippen LogP contribution in [0.3, 0.4) is 0 Å². The summed E-state index contributed by atoms with van der Waals surface area (Å²) in [7, 11) is 0. The molecule has 156 valence electrons. The normalized spacial score (nSPS) is 11.9. The minimum absolute atomic E-state index is 0.209. The number of nitriles is 1. The van der Waals surface area contributed by atoms with Crippen LogP contribution in [0.15, 0.2) is 65.8 Å². The van der Waals surface area contributed by atoms with Crippen molar-refractivity contribution in [3.63, 3.8) is 0 Å². The maximum atomic E-state index is 12.2. The Bertz CT molecular complexity index is 1170. The highest BCUT2D eigenvalue weighted by molar-refractivity contribution is 6.37. The van der Waals surface area contributed by atoms with E-state index in [4.69, 9.17) is 46.4 Å². The minimum Gasteiger partial charge on any atom is -0.273 e. The zero-order valence-electron chi connectivity index (χ0n) is 16.2. The molecule has 1 unspecified atom stereocenters. The van der Waals surface area contributed by atoms with Gasteiger partial charge >= 0.3 is 0 Å². The van der Waals surface area contributed by atoms with Gasteiger partial charge in [0.15, 0.2) is 0 Å². The number of carbonyl (C=O) groups is 1. The number of carbonyl (C=O) groups excluding carboxylic acids is 1. The lowest BCUT2D eigenvalue weighted by molar-refractivity contribution is -0.116. The molecular weight excluding hydrogens is 476 g/mol. The van der Waals surface area contributed by atoms with Crippen LogP contribution in [0.25, 0.3) is 0 Å². The molecule has 0 saturated carbocycles. The molecule has 0 aromatic heterocycles. The van der Waals surface area contributed by atoms with Gasteiger partial charge in [0, 0.05) is 32.6 Å². The van der Waals surface area contributed by atoms with E-state index in [1.807, 2.05) is 30.3 Å². The van der Waals surface area contributed by atoms with Crippen LogP contribution in [-0.2, 0) is 4.79 Å². The fraction of sp³-hybridized carbons (Fsp3) is 0.0870. The van der Waals surface area contributed by atoms with Gasteiger partial charge in [-0.3, -0.25) is 4.79 Å². The maximum absolute atomic E-state index is 12.2. The van der Waals surface area contributed by atoms with E-state index in [-0.39, 0.29) is 16.0 Å². The average molecular weight is 491 g/mol. The Kier molecular flexibility index (Phi) is 7.59. The van der Waals surface area contributed by atoms with Crippen LogP contribution in [0, 0.1) is 11.3 Å². The van der Waals surface area contributed by atoms with Gasteiger partial charge in [-0.1, -0.05) is 82.8 Å². The van der Waals surface area contributed by atoms with Gasteiger partial charge in [0.25, 0.3) is 0 Å². The number of benzene rings is 3. The van der Waals surface area contributed by atoms with Crippen molar-refractivity contribution < 1.29 is 4.79 Å². The van der Waals surface area contributed by atoms with Crippen LogP contribution in [-0.4, -0.2) is 12.1 Å². The summed E-state index contributed by atoms with van der Waals surface area (Å²) in [4.78, 5) is 12.2. The zero-order chi connectivity index (χ0) is 22.5. The summed E-state index contributed by atoms with van der Waals surface area (Å²) in [6.07, 6.45) is 1.56. The van der Waals surface area contributed by atoms with Crippen LogP contribution < -0.4 is 5.01 Å². The van der Waals surface area contributed by atoms with Gasteiger partial charge in [-0.25, -0.2) is 5.01 Å². The van der Waals surface area contributed by atoms with Crippen LogP contribution in [0.4, 0.5) is 5.69 Å². The van der Waals surface area contributed by atoms with Crippen LogP contribution >= 0.6 is 46.4 Å². The predicted molar refractivity (Wildman–Crippen MR) is 128 cm³/mol. The number of anilines is 1. The van der Waals surface area contributed by atoms with Gasteiger partial charge in [-0.15, -0.1) is 0 Å². The lowest BCUT2D eigenvalue weighted by Gasteiger charge is -2.20. The number of hydrogen-bond acceptors (Lipinski definition) is 3. The first-order valence-electron chi connectivity index (χ1n) is 9.05. The lowest BCUT2D eigenvalue weighted by atomic mass is 9.92. The van der Waals surface area contributed by atoms with E-state index in [2.05, 4.69) is 11.2 Å². The lowest BCUT2D eigenvalue weighted by Crippen LogP contribution is -2.22. The number of rotatable bonds is 5. The maximum Gasteiger partial charge on any atom is 0.244 e. The smallest absolute Gasteiger partial charge is 0.244 e. The zero-order valence-corrected chi connectivity index (χ0v) is 19.2. The van der Waals surface area contributed by atoms with Gasteiger partial charge in [-0.05, 0) is 35.4 Å². The van der Waals surface area contributed by atoms with Crippen molar-refractivity contribution in [1.29, 1.82) is 5.26 Å². The van der Waals surface area contributed by atoms with E-state index in [0.717, 1.165) is 5.56 Å². The monoisotopic (exact) mass is 489 g/mol. The molecule has 1 amide bonds. The molecule has 0 aliphatic heterocycles. The molecule has 31 heavy (non-hydrogen) atoms. The summed E-state index contributed by atoms with van der Waals surface area (Å²) in [5.74, 6) is -1.15. The molecule has 0 N–H and O–H groups in total. The molecule has 3 aromatic rings. The Balaban J connectivity index is 2.02. The highest BCUT2D eigenvalue weighted by Gasteiger charge is 2.24. The summed E-state index contributed by atoms with van der Waals surface area (Å²) in [6, 6.07) is 19.5. The first kappa shape index (κ1) is 23.1. The topological polar surface area (TPSA) is 56.5 Å². The van der Waals surface area contributed by atoms with E-state index in [1.54, 1.807) is 36.5 Å². The highest BCUT2D eigenvalue weighted by Crippen LogP contribution is 2.41. The highest BCUT2D eigenvalue weighted by atomic mass is 35.5. The Morgan fingerprint density at radius 1 is 1.00 bits per heavy atom. The molecule has 3 aromatic carbocycles. The molecule has 0 aliphatic carbocycles. The largest absolute Gasteiger partial charge is 0.273 e. The Morgan fingerprint density at radius 3 is 2.19 bits per heavy atom. The molecule has 0 radical (unpaired) electrons.